The first kappa shape index (κ1) is 11.3. The van der Waals surface area contributed by atoms with Crippen LogP contribution in [-0.4, -0.2) is 16.6 Å². The second-order valence-electron chi connectivity index (χ2n) is 3.86. The molecule has 0 spiro atoms. The first-order chi connectivity index (χ1) is 8.79. The number of halogens is 1. The van der Waals surface area contributed by atoms with E-state index in [9.17, 15) is 4.39 Å². The van der Waals surface area contributed by atoms with E-state index in [1.807, 2.05) is 17.5 Å². The maximum Gasteiger partial charge on any atom is 0.169 e. The number of nitrogens with zero attached hydrogens (tertiary/aromatic N) is 2. The first-order valence-corrected chi connectivity index (χ1v) is 6.25. The van der Waals surface area contributed by atoms with Gasteiger partial charge in [-0.3, -0.25) is 0 Å². The molecule has 0 aliphatic carbocycles. The number of fused-ring (bicyclic) bond motifs is 1. The van der Waals surface area contributed by atoms with Crippen molar-refractivity contribution in [1.29, 1.82) is 0 Å². The molecule has 2 aromatic heterocycles. The molecule has 3 aromatic rings. The smallest absolute Gasteiger partial charge is 0.169 e. The number of furan rings is 1. The number of benzene rings is 1. The Morgan fingerprint density at radius 3 is 3.00 bits per heavy atom. The number of hydrogen-bond donors (Lipinski definition) is 1. The Morgan fingerprint density at radius 2 is 2.33 bits per heavy atom. The second kappa shape index (κ2) is 4.47. The summed E-state index contributed by atoms with van der Waals surface area (Å²) in [6, 6.07) is 6.47. The van der Waals surface area contributed by atoms with Crippen LogP contribution in [-0.2, 0) is 0 Å². The Labute approximate surface area is 107 Å². The molecule has 0 bridgehead atoms. The van der Waals surface area contributed by atoms with E-state index in [2.05, 4.69) is 14.9 Å². The molecule has 2 heterocycles. The Morgan fingerprint density at radius 1 is 1.44 bits per heavy atom. The maximum atomic E-state index is 13.6. The fourth-order valence-electron chi connectivity index (χ4n) is 1.92. The zero-order valence-electron chi connectivity index (χ0n) is 9.55. The highest BCUT2D eigenvalue weighted by atomic mass is 32.1. The molecular weight excluding hydrogens is 253 g/mol. The van der Waals surface area contributed by atoms with Crippen molar-refractivity contribution in [2.45, 2.75) is 6.04 Å². The molecule has 0 amide bonds. The molecule has 4 nitrogen and oxygen atoms in total. The third kappa shape index (κ3) is 1.79. The average Bonchev–Trinajstić information content (AvgIpc) is 3.00. The van der Waals surface area contributed by atoms with Crippen molar-refractivity contribution >= 4 is 22.5 Å². The monoisotopic (exact) mass is 263 g/mol. The molecule has 0 saturated carbocycles. The van der Waals surface area contributed by atoms with E-state index < -0.39 is 0 Å². The lowest BCUT2D eigenvalue weighted by Gasteiger charge is -2.09. The Balaban J connectivity index is 2.11. The van der Waals surface area contributed by atoms with E-state index in [4.69, 9.17) is 4.42 Å². The van der Waals surface area contributed by atoms with E-state index >= 15 is 0 Å². The summed E-state index contributed by atoms with van der Waals surface area (Å²) in [5.41, 5.74) is 1.04. The van der Waals surface area contributed by atoms with Crippen molar-refractivity contribution in [2.24, 2.45) is 0 Å². The van der Waals surface area contributed by atoms with Gasteiger partial charge in [-0.25, -0.2) is 4.39 Å². The van der Waals surface area contributed by atoms with Crippen molar-refractivity contribution in [3.63, 3.8) is 0 Å². The van der Waals surface area contributed by atoms with E-state index in [0.29, 0.717) is 5.76 Å². The van der Waals surface area contributed by atoms with Gasteiger partial charge in [0.05, 0.1) is 0 Å². The molecule has 1 atom stereocenters. The molecule has 0 aliphatic heterocycles. The SMILES string of the molecule is CNC(c1csnn1)c1cc2cccc(F)c2o1. The van der Waals surface area contributed by atoms with Crippen molar-refractivity contribution < 1.29 is 8.81 Å². The third-order valence-corrected chi connectivity index (χ3v) is 3.28. The quantitative estimate of drug-likeness (QED) is 0.789. The largest absolute Gasteiger partial charge is 0.456 e. The Hall–Kier alpha value is -1.79. The molecule has 0 fully saturated rings. The van der Waals surface area contributed by atoms with Crippen LogP contribution in [0, 0.1) is 5.82 Å². The molecule has 1 aromatic carbocycles. The zero-order valence-corrected chi connectivity index (χ0v) is 10.4. The topological polar surface area (TPSA) is 51.0 Å². The van der Waals surface area contributed by atoms with Crippen LogP contribution in [0.15, 0.2) is 34.1 Å². The minimum Gasteiger partial charge on any atom is -0.456 e. The number of aromatic nitrogens is 2. The summed E-state index contributed by atoms with van der Waals surface area (Å²) in [6.07, 6.45) is 0. The van der Waals surface area contributed by atoms with Gasteiger partial charge in [-0.15, -0.1) is 5.10 Å². The maximum absolute atomic E-state index is 13.6. The van der Waals surface area contributed by atoms with Gasteiger partial charge in [0.1, 0.15) is 17.5 Å². The summed E-state index contributed by atoms with van der Waals surface area (Å²) >= 11 is 1.27. The third-order valence-electron chi connectivity index (χ3n) is 2.76. The lowest BCUT2D eigenvalue weighted by molar-refractivity contribution is 0.471. The fourth-order valence-corrected chi connectivity index (χ4v) is 2.40. The van der Waals surface area contributed by atoms with Crippen molar-refractivity contribution in [3.8, 4) is 0 Å². The summed E-state index contributed by atoms with van der Waals surface area (Å²) in [6.45, 7) is 0. The number of hydrogen-bond acceptors (Lipinski definition) is 5. The number of nitrogens with one attached hydrogen (secondary N) is 1. The normalized spacial score (nSPS) is 13.0. The highest BCUT2D eigenvalue weighted by Crippen LogP contribution is 2.28. The van der Waals surface area contributed by atoms with Gasteiger partial charge in [0.2, 0.25) is 0 Å². The highest BCUT2D eigenvalue weighted by molar-refractivity contribution is 7.03. The van der Waals surface area contributed by atoms with Crippen molar-refractivity contribution in [1.82, 2.24) is 14.9 Å². The summed E-state index contributed by atoms with van der Waals surface area (Å²) in [5, 5.41) is 9.68. The van der Waals surface area contributed by atoms with Crippen LogP contribution in [0.3, 0.4) is 0 Å². The van der Waals surface area contributed by atoms with Crippen LogP contribution < -0.4 is 5.32 Å². The molecule has 0 saturated heterocycles. The van der Waals surface area contributed by atoms with Gasteiger partial charge in [-0.05, 0) is 30.7 Å². The van der Waals surface area contributed by atoms with Crippen LogP contribution in [0.1, 0.15) is 17.5 Å². The summed E-state index contributed by atoms with van der Waals surface area (Å²) in [7, 11) is 1.80. The summed E-state index contributed by atoms with van der Waals surface area (Å²) in [5.74, 6) is 0.273. The van der Waals surface area contributed by atoms with Crippen LogP contribution in [0.25, 0.3) is 11.0 Å². The van der Waals surface area contributed by atoms with Gasteiger partial charge in [0.15, 0.2) is 11.4 Å². The Kier molecular flexibility index (Phi) is 2.81. The van der Waals surface area contributed by atoms with E-state index in [0.717, 1.165) is 11.1 Å². The Bertz CT molecular complexity index is 665. The van der Waals surface area contributed by atoms with E-state index in [1.165, 1.54) is 17.6 Å². The van der Waals surface area contributed by atoms with Crippen LogP contribution in [0.5, 0.6) is 0 Å². The lowest BCUT2D eigenvalue weighted by Crippen LogP contribution is -2.17. The van der Waals surface area contributed by atoms with Gasteiger partial charge >= 0.3 is 0 Å². The van der Waals surface area contributed by atoms with E-state index in [1.54, 1.807) is 13.1 Å². The minimum absolute atomic E-state index is 0.212. The first-order valence-electron chi connectivity index (χ1n) is 5.42. The molecule has 3 rings (SSSR count). The molecule has 92 valence electrons. The average molecular weight is 263 g/mol. The molecular formula is C12H10FN3OS. The predicted molar refractivity (Wildman–Crippen MR) is 67.0 cm³/mol. The van der Waals surface area contributed by atoms with Crippen LogP contribution in [0.2, 0.25) is 0 Å². The number of para-hydroxylation sites is 1. The molecule has 1 N–H and O–H groups in total. The van der Waals surface area contributed by atoms with Gasteiger partial charge < -0.3 is 9.73 Å². The van der Waals surface area contributed by atoms with Crippen LogP contribution >= 0.6 is 11.5 Å². The highest BCUT2D eigenvalue weighted by Gasteiger charge is 2.20. The minimum atomic E-state index is -0.356. The zero-order chi connectivity index (χ0) is 12.5. The summed E-state index contributed by atoms with van der Waals surface area (Å²) in [4.78, 5) is 0. The molecule has 6 heteroatoms. The van der Waals surface area contributed by atoms with Gasteiger partial charge in [0, 0.05) is 10.8 Å². The van der Waals surface area contributed by atoms with Crippen molar-refractivity contribution in [3.05, 3.63) is 46.9 Å². The van der Waals surface area contributed by atoms with Crippen LogP contribution in [0.4, 0.5) is 4.39 Å². The predicted octanol–water partition coefficient (Wildman–Crippen LogP) is 2.73. The van der Waals surface area contributed by atoms with Crippen molar-refractivity contribution in [2.75, 3.05) is 7.05 Å². The van der Waals surface area contributed by atoms with E-state index in [-0.39, 0.29) is 17.4 Å². The standard InChI is InChI=1S/C12H10FN3OS/c1-14-11(9-6-18-16-15-9)10-5-7-3-2-4-8(13)12(7)17-10/h2-6,11,14H,1H3. The van der Waals surface area contributed by atoms with Gasteiger partial charge in [-0.2, -0.15) is 0 Å². The lowest BCUT2D eigenvalue weighted by atomic mass is 10.1. The number of rotatable bonds is 3. The molecule has 1 unspecified atom stereocenters. The molecule has 0 aliphatic rings. The fraction of sp³-hybridized carbons (Fsp3) is 0.167. The van der Waals surface area contributed by atoms with Gasteiger partial charge in [-0.1, -0.05) is 16.6 Å². The molecule has 0 radical (unpaired) electrons. The summed E-state index contributed by atoms with van der Waals surface area (Å²) < 4.78 is 23.0. The van der Waals surface area contributed by atoms with Gasteiger partial charge in [0.25, 0.3) is 0 Å². The molecule has 18 heavy (non-hydrogen) atoms. The second-order valence-corrected chi connectivity index (χ2v) is 4.47.